The van der Waals surface area contributed by atoms with Gasteiger partial charge in [0, 0.05) is 24.8 Å². The molecule has 0 amide bonds. The highest BCUT2D eigenvalue weighted by Gasteiger charge is 2.19. The van der Waals surface area contributed by atoms with Gasteiger partial charge >= 0.3 is 5.97 Å². The first-order valence-electron chi connectivity index (χ1n) is 9.07. The summed E-state index contributed by atoms with van der Waals surface area (Å²) in [5.74, 6) is -1.11. The average molecular weight is 413 g/mol. The first-order chi connectivity index (χ1) is 14.0. The number of nitrogens with zero attached hydrogens (tertiary/aromatic N) is 2. The zero-order valence-electron chi connectivity index (χ0n) is 15.9. The lowest BCUT2D eigenvalue weighted by Crippen LogP contribution is -2.30. The number of nitrogens with one attached hydrogen (secondary N) is 2. The van der Waals surface area contributed by atoms with E-state index in [9.17, 15) is 14.7 Å². The normalized spacial score (nSPS) is 10.6. The number of carbonyl (C=O) groups is 1. The summed E-state index contributed by atoms with van der Waals surface area (Å²) in [5, 5.41) is 15.4. The van der Waals surface area contributed by atoms with Gasteiger partial charge in [0.15, 0.2) is 11.0 Å². The van der Waals surface area contributed by atoms with Crippen LogP contribution in [0.5, 0.6) is 0 Å². The number of carboxylic acid groups (broad SMARTS) is 1. The lowest BCUT2D eigenvalue weighted by Gasteiger charge is -2.16. The van der Waals surface area contributed by atoms with Gasteiger partial charge in [-0.2, -0.15) is 0 Å². The van der Waals surface area contributed by atoms with E-state index in [4.69, 9.17) is 11.6 Å². The fourth-order valence-corrected chi connectivity index (χ4v) is 3.30. The van der Waals surface area contributed by atoms with Crippen molar-refractivity contribution in [1.82, 2.24) is 9.55 Å². The van der Waals surface area contributed by atoms with Crippen LogP contribution < -0.4 is 16.2 Å². The minimum atomic E-state index is -1.14. The quantitative estimate of drug-likeness (QED) is 0.525. The Morgan fingerprint density at radius 3 is 2.62 bits per heavy atom. The summed E-state index contributed by atoms with van der Waals surface area (Å²) in [6.07, 6.45) is 0.685. The Hall–Kier alpha value is -3.32. The molecule has 150 valence electrons. The van der Waals surface area contributed by atoms with E-state index in [1.807, 2.05) is 36.4 Å². The molecule has 3 rings (SSSR count). The third-order valence-corrected chi connectivity index (χ3v) is 4.65. The summed E-state index contributed by atoms with van der Waals surface area (Å²) < 4.78 is 1.14. The minimum Gasteiger partial charge on any atom is -0.480 e. The molecule has 29 heavy (non-hydrogen) atoms. The molecule has 7 nitrogen and oxygen atoms in total. The van der Waals surface area contributed by atoms with Gasteiger partial charge in [-0.15, -0.1) is 0 Å². The molecule has 0 radical (unpaired) electrons. The number of rotatable bonds is 8. The minimum absolute atomic E-state index is 0.0284. The molecule has 0 spiro atoms. The number of hydrogen-bond acceptors (Lipinski definition) is 5. The van der Waals surface area contributed by atoms with Gasteiger partial charge in [0.2, 0.25) is 0 Å². The van der Waals surface area contributed by atoms with Crippen molar-refractivity contribution in [2.45, 2.75) is 13.0 Å². The monoisotopic (exact) mass is 412 g/mol. The Labute approximate surface area is 173 Å². The Bertz CT molecular complexity index is 1070. The largest absolute Gasteiger partial charge is 0.480 e. The molecule has 0 fully saturated rings. The topological polar surface area (TPSA) is 96.3 Å². The van der Waals surface area contributed by atoms with Crippen LogP contribution in [-0.2, 0) is 17.8 Å². The summed E-state index contributed by atoms with van der Waals surface area (Å²) in [6, 6.07) is 17.0. The molecule has 0 unspecified atom stereocenters. The highest BCUT2D eigenvalue weighted by molar-refractivity contribution is 6.32. The number of aromatic nitrogens is 2. The van der Waals surface area contributed by atoms with E-state index in [0.29, 0.717) is 18.5 Å². The van der Waals surface area contributed by atoms with Crippen LogP contribution in [0.1, 0.15) is 5.56 Å². The van der Waals surface area contributed by atoms with Crippen LogP contribution in [0.2, 0.25) is 5.15 Å². The standard InChI is InChI=1S/C21H21ClN4O3/c1-23-16-9-5-8-15(12-16)18-19(22)25-20(21(29)26(18)13-17(27)28)24-11-10-14-6-3-2-4-7-14/h2-9,12,23H,10-11,13H2,1H3,(H,24,25)(H,27,28). The van der Waals surface area contributed by atoms with Crippen LogP contribution in [-0.4, -0.2) is 34.2 Å². The van der Waals surface area contributed by atoms with Crippen LogP contribution in [0.3, 0.4) is 0 Å². The van der Waals surface area contributed by atoms with Crippen LogP contribution in [0.4, 0.5) is 11.5 Å². The van der Waals surface area contributed by atoms with Gasteiger partial charge < -0.3 is 15.7 Å². The number of carboxylic acids is 1. The van der Waals surface area contributed by atoms with Crippen LogP contribution >= 0.6 is 11.6 Å². The van der Waals surface area contributed by atoms with Gasteiger partial charge in [-0.1, -0.05) is 54.1 Å². The number of aliphatic carboxylic acids is 1. The van der Waals surface area contributed by atoms with Crippen molar-refractivity contribution in [2.75, 3.05) is 24.2 Å². The molecule has 8 heteroatoms. The second-order valence-electron chi connectivity index (χ2n) is 6.38. The highest BCUT2D eigenvalue weighted by Crippen LogP contribution is 2.28. The molecular formula is C21H21ClN4O3. The van der Waals surface area contributed by atoms with E-state index in [-0.39, 0.29) is 16.7 Å². The Morgan fingerprint density at radius 2 is 1.93 bits per heavy atom. The summed E-state index contributed by atoms with van der Waals surface area (Å²) in [5.41, 5.74) is 2.25. The predicted octanol–water partition coefficient (Wildman–Crippen LogP) is 3.34. The molecule has 0 saturated heterocycles. The number of halogens is 1. The first-order valence-corrected chi connectivity index (χ1v) is 9.45. The average Bonchev–Trinajstić information content (AvgIpc) is 2.72. The maximum absolute atomic E-state index is 12.9. The second kappa shape index (κ2) is 9.25. The van der Waals surface area contributed by atoms with Crippen LogP contribution in [0.15, 0.2) is 59.4 Å². The van der Waals surface area contributed by atoms with Crippen LogP contribution in [0, 0.1) is 0 Å². The molecule has 1 aromatic heterocycles. The van der Waals surface area contributed by atoms with Crippen molar-refractivity contribution >= 4 is 29.1 Å². The number of anilines is 2. The molecule has 0 saturated carbocycles. The third-order valence-electron chi connectivity index (χ3n) is 4.39. The summed E-state index contributed by atoms with van der Waals surface area (Å²) in [6.45, 7) is -0.0577. The highest BCUT2D eigenvalue weighted by atomic mass is 35.5. The SMILES string of the molecule is CNc1cccc(-c2c(Cl)nc(NCCc3ccccc3)c(=O)n2CC(=O)O)c1. The molecule has 0 aliphatic heterocycles. The van der Waals surface area contributed by atoms with Crippen LogP contribution in [0.25, 0.3) is 11.3 Å². The predicted molar refractivity (Wildman–Crippen MR) is 115 cm³/mol. The molecule has 0 atom stereocenters. The van der Waals surface area contributed by atoms with Crippen molar-refractivity contribution < 1.29 is 9.90 Å². The van der Waals surface area contributed by atoms with Crippen molar-refractivity contribution in [1.29, 1.82) is 0 Å². The van der Waals surface area contributed by atoms with Gasteiger partial charge in [0.1, 0.15) is 6.54 Å². The van der Waals surface area contributed by atoms with Crippen molar-refractivity contribution in [3.05, 3.63) is 75.7 Å². The van der Waals surface area contributed by atoms with Gasteiger partial charge in [0.05, 0.1) is 5.69 Å². The fourth-order valence-electron chi connectivity index (χ4n) is 3.01. The van der Waals surface area contributed by atoms with E-state index in [0.717, 1.165) is 15.8 Å². The summed E-state index contributed by atoms with van der Waals surface area (Å²) in [4.78, 5) is 28.6. The molecule has 1 heterocycles. The summed E-state index contributed by atoms with van der Waals surface area (Å²) >= 11 is 6.39. The molecule has 3 aromatic rings. The second-order valence-corrected chi connectivity index (χ2v) is 6.74. The Kier molecular flexibility index (Phi) is 6.51. The van der Waals surface area contributed by atoms with Gasteiger partial charge in [-0.3, -0.25) is 14.2 Å². The molecule has 0 aliphatic rings. The van der Waals surface area contributed by atoms with E-state index >= 15 is 0 Å². The lowest BCUT2D eigenvalue weighted by molar-refractivity contribution is -0.137. The van der Waals surface area contributed by atoms with Crippen molar-refractivity contribution in [3.8, 4) is 11.3 Å². The van der Waals surface area contributed by atoms with Crippen molar-refractivity contribution in [3.63, 3.8) is 0 Å². The Morgan fingerprint density at radius 1 is 1.17 bits per heavy atom. The first kappa shape index (κ1) is 20.4. The molecule has 2 aromatic carbocycles. The molecule has 0 aliphatic carbocycles. The number of benzene rings is 2. The van der Waals surface area contributed by atoms with E-state index in [2.05, 4.69) is 15.6 Å². The van der Waals surface area contributed by atoms with E-state index in [1.165, 1.54) is 0 Å². The zero-order valence-corrected chi connectivity index (χ0v) is 16.6. The maximum Gasteiger partial charge on any atom is 0.323 e. The number of hydrogen-bond donors (Lipinski definition) is 3. The Balaban J connectivity index is 1.96. The van der Waals surface area contributed by atoms with Crippen molar-refractivity contribution in [2.24, 2.45) is 0 Å². The molecule has 0 bridgehead atoms. The molecular weight excluding hydrogens is 392 g/mol. The summed E-state index contributed by atoms with van der Waals surface area (Å²) in [7, 11) is 1.77. The molecule has 3 N–H and O–H groups in total. The van der Waals surface area contributed by atoms with Gasteiger partial charge in [0.25, 0.3) is 5.56 Å². The van der Waals surface area contributed by atoms with Gasteiger partial charge in [-0.25, -0.2) is 4.98 Å². The fraction of sp³-hybridized carbons (Fsp3) is 0.190. The van der Waals surface area contributed by atoms with E-state index < -0.39 is 18.1 Å². The van der Waals surface area contributed by atoms with E-state index in [1.54, 1.807) is 25.2 Å². The van der Waals surface area contributed by atoms with Gasteiger partial charge in [-0.05, 0) is 24.1 Å². The smallest absolute Gasteiger partial charge is 0.323 e. The zero-order chi connectivity index (χ0) is 20.8. The third kappa shape index (κ3) is 4.94. The lowest BCUT2D eigenvalue weighted by atomic mass is 10.1. The maximum atomic E-state index is 12.9.